The summed E-state index contributed by atoms with van der Waals surface area (Å²) in [5, 5.41) is 3.74. The van der Waals surface area contributed by atoms with Crippen LogP contribution in [0.15, 0.2) is 71.7 Å². The van der Waals surface area contributed by atoms with E-state index in [9.17, 15) is 0 Å². The van der Waals surface area contributed by atoms with Gasteiger partial charge in [0.25, 0.3) is 0 Å². The third-order valence-electron chi connectivity index (χ3n) is 5.51. The Morgan fingerprint density at radius 2 is 1.27 bits per heavy atom. The quantitative estimate of drug-likeness (QED) is 0.396. The molecule has 3 aromatic rings. The zero-order valence-corrected chi connectivity index (χ0v) is 19.1. The van der Waals surface area contributed by atoms with Crippen molar-refractivity contribution in [2.24, 2.45) is 4.99 Å². The molecule has 0 atom stereocenters. The fourth-order valence-corrected chi connectivity index (χ4v) is 3.64. The van der Waals surface area contributed by atoms with Crippen LogP contribution in [-0.4, -0.2) is 6.21 Å². The fourth-order valence-electron chi connectivity index (χ4n) is 3.64. The molecule has 3 aromatic carbocycles. The van der Waals surface area contributed by atoms with Crippen molar-refractivity contribution in [3.05, 3.63) is 89.0 Å². The smallest absolute Gasteiger partial charge is 0.0630 e. The summed E-state index contributed by atoms with van der Waals surface area (Å²) >= 11 is 0. The van der Waals surface area contributed by atoms with Gasteiger partial charge in [0.2, 0.25) is 0 Å². The van der Waals surface area contributed by atoms with E-state index in [0.717, 1.165) is 16.9 Å². The Kier molecular flexibility index (Phi) is 7.10. The lowest BCUT2D eigenvalue weighted by Gasteiger charge is -2.21. The van der Waals surface area contributed by atoms with Crippen molar-refractivity contribution >= 4 is 23.3 Å². The predicted octanol–water partition coefficient (Wildman–Crippen LogP) is 8.55. The van der Waals surface area contributed by atoms with E-state index >= 15 is 0 Å². The Labute approximate surface area is 182 Å². The van der Waals surface area contributed by atoms with Gasteiger partial charge in [-0.3, -0.25) is 4.99 Å². The van der Waals surface area contributed by atoms with Crippen molar-refractivity contribution < 1.29 is 0 Å². The molecule has 0 aliphatic heterocycles. The molecule has 0 spiro atoms. The average molecular weight is 399 g/mol. The summed E-state index contributed by atoms with van der Waals surface area (Å²) in [4.78, 5) is 4.73. The zero-order chi connectivity index (χ0) is 21.7. The molecular formula is C28H34N2. The molecule has 2 nitrogen and oxygen atoms in total. The third kappa shape index (κ3) is 5.18. The lowest BCUT2D eigenvalue weighted by Crippen LogP contribution is -2.05. The van der Waals surface area contributed by atoms with Gasteiger partial charge in [-0.15, -0.1) is 0 Å². The van der Waals surface area contributed by atoms with Crippen molar-refractivity contribution in [2.75, 3.05) is 5.32 Å². The van der Waals surface area contributed by atoms with Gasteiger partial charge >= 0.3 is 0 Å². The molecule has 30 heavy (non-hydrogen) atoms. The summed E-state index contributed by atoms with van der Waals surface area (Å²) in [6.07, 6.45) is 1.96. The Morgan fingerprint density at radius 3 is 1.83 bits per heavy atom. The first-order chi connectivity index (χ1) is 14.4. The minimum absolute atomic E-state index is 0.450. The van der Waals surface area contributed by atoms with Gasteiger partial charge in [0.05, 0.1) is 5.69 Å². The van der Waals surface area contributed by atoms with Crippen LogP contribution in [0.1, 0.15) is 81.5 Å². The maximum absolute atomic E-state index is 4.73. The second-order valence-electron chi connectivity index (χ2n) is 8.84. The standard InChI is InChI=1S/C28H34N2/c1-19(2)22-14-16-24(17-15-22)29-18-23-10-7-8-13-27(23)30-28-25(20(3)4)11-9-12-26(28)21(5)6/h7-21,30H,1-6H3. The fraction of sp³-hybridized carbons (Fsp3) is 0.321. The van der Waals surface area contributed by atoms with Gasteiger partial charge in [-0.25, -0.2) is 0 Å². The molecule has 0 bridgehead atoms. The molecule has 0 heterocycles. The second-order valence-corrected chi connectivity index (χ2v) is 8.84. The van der Waals surface area contributed by atoms with E-state index in [-0.39, 0.29) is 0 Å². The normalized spacial score (nSPS) is 11.8. The van der Waals surface area contributed by atoms with Crippen molar-refractivity contribution in [3.63, 3.8) is 0 Å². The van der Waals surface area contributed by atoms with Gasteiger partial charge in [0, 0.05) is 23.2 Å². The Hall–Kier alpha value is -2.87. The largest absolute Gasteiger partial charge is 0.355 e. The number of nitrogens with one attached hydrogen (secondary N) is 1. The van der Waals surface area contributed by atoms with Crippen LogP contribution >= 0.6 is 0 Å². The van der Waals surface area contributed by atoms with E-state index in [2.05, 4.69) is 114 Å². The monoisotopic (exact) mass is 398 g/mol. The average Bonchev–Trinajstić information content (AvgIpc) is 2.73. The first-order valence-electron chi connectivity index (χ1n) is 11.0. The topological polar surface area (TPSA) is 24.4 Å². The Bertz CT molecular complexity index is 969. The molecule has 0 amide bonds. The maximum atomic E-state index is 4.73. The number of hydrogen-bond acceptors (Lipinski definition) is 2. The van der Waals surface area contributed by atoms with Gasteiger partial charge in [-0.05, 0) is 52.6 Å². The van der Waals surface area contributed by atoms with Crippen LogP contribution in [0.25, 0.3) is 0 Å². The van der Waals surface area contributed by atoms with Crippen LogP contribution < -0.4 is 5.32 Å². The Balaban J connectivity index is 1.93. The molecule has 3 rings (SSSR count). The molecule has 0 aliphatic rings. The minimum atomic E-state index is 0.450. The van der Waals surface area contributed by atoms with Crippen LogP contribution in [0.2, 0.25) is 0 Å². The molecule has 0 unspecified atom stereocenters. The predicted molar refractivity (Wildman–Crippen MR) is 132 cm³/mol. The van der Waals surface area contributed by atoms with Crippen LogP contribution in [0.4, 0.5) is 17.1 Å². The van der Waals surface area contributed by atoms with E-state index < -0.39 is 0 Å². The first-order valence-corrected chi connectivity index (χ1v) is 11.0. The van der Waals surface area contributed by atoms with Crippen LogP contribution in [0.3, 0.4) is 0 Å². The summed E-state index contributed by atoms with van der Waals surface area (Å²) in [5.74, 6) is 1.43. The molecule has 1 N–H and O–H groups in total. The number of benzene rings is 3. The lowest BCUT2D eigenvalue weighted by atomic mass is 9.92. The highest BCUT2D eigenvalue weighted by molar-refractivity contribution is 5.91. The van der Waals surface area contributed by atoms with Crippen molar-refractivity contribution in [3.8, 4) is 0 Å². The van der Waals surface area contributed by atoms with E-state index in [1.54, 1.807) is 0 Å². The molecule has 156 valence electrons. The van der Waals surface area contributed by atoms with Crippen molar-refractivity contribution in [2.45, 2.75) is 59.3 Å². The second kappa shape index (κ2) is 9.75. The summed E-state index contributed by atoms with van der Waals surface area (Å²) in [7, 11) is 0. The molecular weight excluding hydrogens is 364 g/mol. The molecule has 0 saturated carbocycles. The molecule has 0 saturated heterocycles. The van der Waals surface area contributed by atoms with Crippen molar-refractivity contribution in [1.29, 1.82) is 0 Å². The van der Waals surface area contributed by atoms with Gasteiger partial charge in [0.1, 0.15) is 0 Å². The third-order valence-corrected chi connectivity index (χ3v) is 5.51. The summed E-state index contributed by atoms with van der Waals surface area (Å²) in [6.45, 7) is 13.4. The molecule has 0 radical (unpaired) electrons. The highest BCUT2D eigenvalue weighted by atomic mass is 14.9. The van der Waals surface area contributed by atoms with Gasteiger partial charge in [-0.2, -0.15) is 0 Å². The number of anilines is 2. The number of nitrogens with zero attached hydrogens (tertiary/aromatic N) is 1. The SMILES string of the molecule is CC(C)c1ccc(N=Cc2ccccc2Nc2c(C(C)C)cccc2C(C)C)cc1. The van der Waals surface area contributed by atoms with Gasteiger partial charge in [0.15, 0.2) is 0 Å². The first kappa shape index (κ1) is 21.8. The van der Waals surface area contributed by atoms with E-state index in [4.69, 9.17) is 4.99 Å². The summed E-state index contributed by atoms with van der Waals surface area (Å²) in [6, 6.07) is 23.5. The summed E-state index contributed by atoms with van der Waals surface area (Å²) < 4.78 is 0. The number of hydrogen-bond donors (Lipinski definition) is 1. The number of aliphatic imine (C=N–C) groups is 1. The lowest BCUT2D eigenvalue weighted by molar-refractivity contribution is 0.838. The molecule has 0 aromatic heterocycles. The van der Waals surface area contributed by atoms with Crippen LogP contribution in [0.5, 0.6) is 0 Å². The van der Waals surface area contributed by atoms with E-state index in [0.29, 0.717) is 17.8 Å². The van der Waals surface area contributed by atoms with E-state index in [1.165, 1.54) is 22.4 Å². The molecule has 0 fully saturated rings. The maximum Gasteiger partial charge on any atom is 0.0630 e. The zero-order valence-electron chi connectivity index (χ0n) is 19.1. The van der Waals surface area contributed by atoms with Gasteiger partial charge < -0.3 is 5.32 Å². The van der Waals surface area contributed by atoms with Crippen LogP contribution in [-0.2, 0) is 0 Å². The summed E-state index contributed by atoms with van der Waals surface area (Å²) in [5.41, 5.74) is 8.38. The number of rotatable bonds is 7. The highest BCUT2D eigenvalue weighted by Gasteiger charge is 2.14. The number of para-hydroxylation sites is 2. The van der Waals surface area contributed by atoms with Crippen LogP contribution in [0, 0.1) is 0 Å². The molecule has 2 heteroatoms. The molecule has 0 aliphatic carbocycles. The highest BCUT2D eigenvalue weighted by Crippen LogP contribution is 2.35. The minimum Gasteiger partial charge on any atom is -0.355 e. The van der Waals surface area contributed by atoms with E-state index in [1.807, 2.05) is 6.21 Å². The van der Waals surface area contributed by atoms with Crippen molar-refractivity contribution in [1.82, 2.24) is 0 Å². The van der Waals surface area contributed by atoms with Gasteiger partial charge in [-0.1, -0.05) is 90.1 Å². The Morgan fingerprint density at radius 1 is 0.667 bits per heavy atom.